The first-order valence-electron chi connectivity index (χ1n) is 22.7. The molecule has 0 aromatic rings. The summed E-state index contributed by atoms with van der Waals surface area (Å²) in [7, 11) is 0. The van der Waals surface area contributed by atoms with Gasteiger partial charge in [-0.05, 0) is 19.3 Å². The van der Waals surface area contributed by atoms with E-state index in [9.17, 15) is 43.5 Å². The smallest absolute Gasteiger partial charge is 0.326 e. The molecule has 65 heavy (non-hydrogen) atoms. The highest BCUT2D eigenvalue weighted by atomic mass is 32.2. The number of rotatable bonds is 47. The summed E-state index contributed by atoms with van der Waals surface area (Å²) in [6.45, 7) is 1.66. The molecule has 0 aromatic heterocycles. The fraction of sp³-hybridized carbons (Fsp3) is 0.810. The van der Waals surface area contributed by atoms with Gasteiger partial charge in [-0.15, -0.1) is 24.4 Å². The van der Waals surface area contributed by atoms with Crippen LogP contribution in [0.4, 0.5) is 0 Å². The summed E-state index contributed by atoms with van der Waals surface area (Å²) >= 11 is 8.82. The number of aliphatic carboxylic acids is 2. The minimum atomic E-state index is -1.19. The Balaban J connectivity index is 3.66. The quantitative estimate of drug-likeness (QED) is 0.0309. The summed E-state index contributed by atoms with van der Waals surface area (Å²) in [5, 5.41) is 30.9. The fourth-order valence-corrected chi connectivity index (χ4v) is 7.44. The zero-order valence-electron chi connectivity index (χ0n) is 37.9. The predicted octanol–water partition coefficient (Wildman–Crippen LogP) is 2.19. The normalized spacial score (nSPS) is 11.9. The Morgan fingerprint density at radius 1 is 0.477 bits per heavy atom. The van der Waals surface area contributed by atoms with Gasteiger partial charge in [0, 0.05) is 51.2 Å². The lowest BCUT2D eigenvalue weighted by Gasteiger charge is -2.14. The topological polar surface area (TPSA) is 286 Å². The number of thiol groups is 2. The van der Waals surface area contributed by atoms with Gasteiger partial charge in [-0.25, -0.2) is 4.79 Å². The van der Waals surface area contributed by atoms with Crippen LogP contribution in [0.15, 0.2) is 0 Å². The van der Waals surface area contributed by atoms with Crippen LogP contribution in [-0.2, 0) is 57.3 Å². The van der Waals surface area contributed by atoms with Crippen molar-refractivity contribution in [3.63, 3.8) is 0 Å². The first-order valence-corrected chi connectivity index (χ1v) is 24.7. The number of thioether (sulfide) groups is 1. The number of ether oxygens (including phenoxy) is 4. The van der Waals surface area contributed by atoms with Crippen molar-refractivity contribution in [2.24, 2.45) is 0 Å². The minimum Gasteiger partial charge on any atom is -0.481 e. The van der Waals surface area contributed by atoms with Gasteiger partial charge >= 0.3 is 11.9 Å². The SMILES string of the molecule is O=C(O)CCCCCCCCCCCCCCCCC(=O)N[C@@H](CCC(=O)NCCOCCOCC(=O)NCCOCCOCC(=O)NCCNC(=O)CSC[C@H](NS)C(=O)S)C(=O)O. The van der Waals surface area contributed by atoms with Crippen molar-refractivity contribution < 1.29 is 67.5 Å². The van der Waals surface area contributed by atoms with Crippen molar-refractivity contribution in [2.45, 2.75) is 128 Å². The first kappa shape index (κ1) is 61.8. The van der Waals surface area contributed by atoms with E-state index >= 15 is 0 Å². The van der Waals surface area contributed by atoms with Crippen LogP contribution in [0.5, 0.6) is 0 Å². The Hall–Kier alpha value is -3.19. The second kappa shape index (κ2) is 44.6. The maximum Gasteiger partial charge on any atom is 0.326 e. The van der Waals surface area contributed by atoms with Gasteiger partial charge in [-0.2, -0.15) is 0 Å². The lowest BCUT2D eigenvalue weighted by molar-refractivity contribution is -0.142. The van der Waals surface area contributed by atoms with Gasteiger partial charge in [-0.1, -0.05) is 89.9 Å². The Morgan fingerprint density at radius 3 is 1.37 bits per heavy atom. The number of carbonyl (C=O) groups is 8. The number of nitrogens with one attached hydrogen (secondary N) is 6. The zero-order chi connectivity index (χ0) is 48.2. The molecule has 0 bridgehead atoms. The van der Waals surface area contributed by atoms with Crippen LogP contribution in [0.3, 0.4) is 0 Å². The Kier molecular flexibility index (Phi) is 42.4. The average molecular weight is 985 g/mol. The number of carboxylic acid groups (broad SMARTS) is 2. The van der Waals surface area contributed by atoms with Crippen molar-refractivity contribution in [1.29, 1.82) is 0 Å². The monoisotopic (exact) mass is 984 g/mol. The number of carboxylic acids is 2. The largest absolute Gasteiger partial charge is 0.481 e. The number of hydrogen-bond acceptors (Lipinski definition) is 15. The van der Waals surface area contributed by atoms with Crippen LogP contribution in [-0.4, -0.2) is 159 Å². The third kappa shape index (κ3) is 43.2. The Morgan fingerprint density at radius 2 is 0.908 bits per heavy atom. The summed E-state index contributed by atoms with van der Waals surface area (Å²) in [5.74, 6) is -3.05. The fourth-order valence-electron chi connectivity index (χ4n) is 5.86. The van der Waals surface area contributed by atoms with Crippen molar-refractivity contribution in [2.75, 3.05) is 90.5 Å². The van der Waals surface area contributed by atoms with Crippen LogP contribution >= 0.6 is 37.2 Å². The second-order valence-corrected chi connectivity index (χ2v) is 16.8. The molecule has 376 valence electrons. The maximum atomic E-state index is 12.3. The highest BCUT2D eigenvalue weighted by Crippen LogP contribution is 2.14. The predicted molar refractivity (Wildman–Crippen MR) is 253 cm³/mol. The van der Waals surface area contributed by atoms with E-state index in [4.69, 9.17) is 24.1 Å². The van der Waals surface area contributed by atoms with E-state index in [2.05, 4.69) is 56.7 Å². The summed E-state index contributed by atoms with van der Waals surface area (Å²) in [4.78, 5) is 93.5. The zero-order valence-corrected chi connectivity index (χ0v) is 40.5. The average Bonchev–Trinajstić information content (AvgIpc) is 3.26. The van der Waals surface area contributed by atoms with Crippen LogP contribution in [0.2, 0.25) is 0 Å². The van der Waals surface area contributed by atoms with Crippen molar-refractivity contribution in [1.82, 2.24) is 31.3 Å². The molecule has 0 spiro atoms. The lowest BCUT2D eigenvalue weighted by Crippen LogP contribution is -2.41. The number of carbonyl (C=O) groups excluding carboxylic acids is 6. The van der Waals surface area contributed by atoms with Gasteiger partial charge in [0.1, 0.15) is 19.3 Å². The molecule has 8 N–H and O–H groups in total. The van der Waals surface area contributed by atoms with Gasteiger partial charge in [0.05, 0.1) is 51.4 Å². The lowest BCUT2D eigenvalue weighted by atomic mass is 10.0. The van der Waals surface area contributed by atoms with Gasteiger partial charge in [-0.3, -0.25) is 38.3 Å². The van der Waals surface area contributed by atoms with Crippen molar-refractivity contribution >= 4 is 83.8 Å². The molecular weight excluding hydrogens is 909 g/mol. The summed E-state index contributed by atoms with van der Waals surface area (Å²) in [5.41, 5.74) is 0. The molecule has 0 saturated heterocycles. The molecule has 5 amide bonds. The second-order valence-electron chi connectivity index (χ2n) is 15.1. The third-order valence-corrected chi connectivity index (χ3v) is 11.1. The van der Waals surface area contributed by atoms with Gasteiger partial charge in [0.25, 0.3) is 0 Å². The standard InChI is InChI=1S/C42H76N6O14S3/c49-35(18-17-33(41(56)57)47-36(50)15-13-11-9-7-5-3-1-2-4-6-8-10-12-14-16-40(54)55)45-21-23-59-25-28-62-30-38(52)46-22-24-60-26-27-61-29-37(51)43-19-20-44-39(53)32-65-31-34(48-64)42(58)63/h33-34,48,64H,1-32H2,(H,43,51)(H,44,53)(H,45,49)(H,46,52)(H,47,50)(H,54,55)(H,56,57)(H,58,63)/t33-,34-/m0/s1. The van der Waals surface area contributed by atoms with Gasteiger partial charge in [0.2, 0.25) is 34.7 Å². The highest BCUT2D eigenvalue weighted by Gasteiger charge is 2.21. The summed E-state index contributed by atoms with van der Waals surface area (Å²) in [6, 6.07) is -1.71. The molecule has 0 radical (unpaired) electrons. The molecule has 0 unspecified atom stereocenters. The maximum absolute atomic E-state index is 12.3. The minimum absolute atomic E-state index is 0.0364. The Bertz CT molecular complexity index is 1340. The van der Waals surface area contributed by atoms with E-state index in [-0.39, 0.29) is 145 Å². The van der Waals surface area contributed by atoms with Crippen LogP contribution < -0.4 is 31.3 Å². The van der Waals surface area contributed by atoms with E-state index < -0.39 is 24.0 Å². The van der Waals surface area contributed by atoms with Crippen molar-refractivity contribution in [3.8, 4) is 0 Å². The number of unbranched alkanes of at least 4 members (excludes halogenated alkanes) is 13. The van der Waals surface area contributed by atoms with Crippen LogP contribution in [0, 0.1) is 0 Å². The molecule has 0 aliphatic heterocycles. The summed E-state index contributed by atoms with van der Waals surface area (Å²) in [6.07, 6.45) is 15.4. The van der Waals surface area contributed by atoms with E-state index in [1.165, 1.54) is 50.3 Å². The highest BCUT2D eigenvalue weighted by molar-refractivity contribution is 8.00. The number of hydrogen-bond donors (Lipinski definition) is 10. The molecule has 0 aliphatic rings. The molecule has 0 fully saturated rings. The van der Waals surface area contributed by atoms with E-state index in [0.29, 0.717) is 12.2 Å². The molecule has 0 rings (SSSR count). The molecule has 20 nitrogen and oxygen atoms in total. The van der Waals surface area contributed by atoms with Gasteiger partial charge < -0.3 is 55.7 Å². The van der Waals surface area contributed by atoms with Gasteiger partial charge in [0.15, 0.2) is 0 Å². The van der Waals surface area contributed by atoms with Crippen molar-refractivity contribution in [3.05, 3.63) is 0 Å². The molecule has 0 aliphatic carbocycles. The molecule has 0 heterocycles. The third-order valence-electron chi connectivity index (χ3n) is 9.43. The van der Waals surface area contributed by atoms with Crippen LogP contribution in [0.1, 0.15) is 116 Å². The molecule has 0 saturated carbocycles. The van der Waals surface area contributed by atoms with E-state index in [1.54, 1.807) is 0 Å². The van der Waals surface area contributed by atoms with E-state index in [1.807, 2.05) is 0 Å². The molecule has 23 heteroatoms. The Labute approximate surface area is 399 Å². The summed E-state index contributed by atoms with van der Waals surface area (Å²) < 4.78 is 23.8. The number of amides is 5. The van der Waals surface area contributed by atoms with Crippen LogP contribution in [0.25, 0.3) is 0 Å². The van der Waals surface area contributed by atoms with E-state index in [0.717, 1.165) is 44.9 Å². The molecule has 0 aromatic carbocycles. The molecular formula is C42H76N6O14S3. The molecule has 2 atom stereocenters. The first-order chi connectivity index (χ1) is 31.3.